The van der Waals surface area contributed by atoms with Crippen LogP contribution in [0.5, 0.6) is 0 Å². The Kier molecular flexibility index (Phi) is 2.98. The molecule has 4 heteroatoms. The van der Waals surface area contributed by atoms with Gasteiger partial charge in [0, 0.05) is 27.3 Å². The van der Waals surface area contributed by atoms with E-state index in [9.17, 15) is 4.79 Å². The number of carbonyl (C=O) groups is 1. The molecule has 2 aromatic rings. The van der Waals surface area contributed by atoms with E-state index in [1.54, 1.807) is 12.3 Å². The van der Waals surface area contributed by atoms with Crippen LogP contribution in [0.1, 0.15) is 20.9 Å². The van der Waals surface area contributed by atoms with Gasteiger partial charge >= 0.3 is 0 Å². The number of rotatable bonds is 2. The molecule has 0 unspecified atom stereocenters. The van der Waals surface area contributed by atoms with Crippen LogP contribution in [0.3, 0.4) is 0 Å². The van der Waals surface area contributed by atoms with Gasteiger partial charge in [-0.05, 0) is 41.1 Å². The Morgan fingerprint density at radius 1 is 1.47 bits per heavy atom. The number of aromatic nitrogens is 1. The van der Waals surface area contributed by atoms with Crippen molar-refractivity contribution in [2.24, 2.45) is 0 Å². The fourth-order valence-corrected chi connectivity index (χ4v) is 2.56. The lowest BCUT2D eigenvalue weighted by Gasteiger charge is -1.97. The first-order valence-electron chi connectivity index (χ1n) is 4.38. The maximum Gasteiger partial charge on any atom is 0.204 e. The standard InChI is InChI=1S/C11H8BrNOS/c1-7-2-3-8(5-13-7)11(14)10-4-9(12)6-15-10/h2-6H,1H3. The first-order valence-corrected chi connectivity index (χ1v) is 6.05. The Hall–Kier alpha value is -1.00. The third-order valence-corrected chi connectivity index (χ3v) is 3.65. The molecule has 0 aliphatic heterocycles. The highest BCUT2D eigenvalue weighted by Gasteiger charge is 2.11. The van der Waals surface area contributed by atoms with Gasteiger partial charge in [-0.3, -0.25) is 9.78 Å². The average molecular weight is 282 g/mol. The summed E-state index contributed by atoms with van der Waals surface area (Å²) in [7, 11) is 0. The molecule has 0 fully saturated rings. The lowest BCUT2D eigenvalue weighted by molar-refractivity contribution is 0.104. The Balaban J connectivity index is 2.32. The van der Waals surface area contributed by atoms with Gasteiger partial charge in [0.15, 0.2) is 0 Å². The van der Waals surface area contributed by atoms with E-state index in [-0.39, 0.29) is 5.78 Å². The number of nitrogens with zero attached hydrogens (tertiary/aromatic N) is 1. The van der Waals surface area contributed by atoms with Gasteiger partial charge in [0.1, 0.15) is 0 Å². The van der Waals surface area contributed by atoms with Gasteiger partial charge in [-0.2, -0.15) is 0 Å². The molecule has 2 nitrogen and oxygen atoms in total. The Labute approximate surface area is 100 Å². The normalized spacial score (nSPS) is 10.3. The predicted molar refractivity (Wildman–Crippen MR) is 64.4 cm³/mol. The molecule has 2 aromatic heterocycles. The van der Waals surface area contributed by atoms with E-state index in [1.807, 2.05) is 24.4 Å². The zero-order valence-corrected chi connectivity index (χ0v) is 10.4. The van der Waals surface area contributed by atoms with Crippen LogP contribution in [-0.2, 0) is 0 Å². The summed E-state index contributed by atoms with van der Waals surface area (Å²) in [6.07, 6.45) is 1.62. The van der Waals surface area contributed by atoms with E-state index in [1.165, 1.54) is 11.3 Å². The highest BCUT2D eigenvalue weighted by Crippen LogP contribution is 2.22. The number of carbonyl (C=O) groups excluding carboxylic acids is 1. The minimum absolute atomic E-state index is 0.0261. The number of hydrogen-bond donors (Lipinski definition) is 0. The van der Waals surface area contributed by atoms with Gasteiger partial charge in [-0.15, -0.1) is 11.3 Å². The van der Waals surface area contributed by atoms with Gasteiger partial charge in [0.05, 0.1) is 4.88 Å². The first kappa shape index (κ1) is 10.5. The number of pyridine rings is 1. The molecule has 0 amide bonds. The zero-order chi connectivity index (χ0) is 10.8. The average Bonchev–Trinajstić information content (AvgIpc) is 2.65. The van der Waals surface area contributed by atoms with E-state index in [0.29, 0.717) is 5.56 Å². The highest BCUT2D eigenvalue weighted by molar-refractivity contribution is 9.10. The molecule has 0 aromatic carbocycles. The van der Waals surface area contributed by atoms with E-state index >= 15 is 0 Å². The molecule has 0 atom stereocenters. The third kappa shape index (κ3) is 2.33. The van der Waals surface area contributed by atoms with Crippen LogP contribution >= 0.6 is 27.3 Å². The highest BCUT2D eigenvalue weighted by atomic mass is 79.9. The van der Waals surface area contributed by atoms with Crippen LogP contribution in [-0.4, -0.2) is 10.8 Å². The molecule has 15 heavy (non-hydrogen) atoms. The van der Waals surface area contributed by atoms with Crippen molar-refractivity contribution in [3.63, 3.8) is 0 Å². The molecule has 76 valence electrons. The van der Waals surface area contributed by atoms with E-state index in [0.717, 1.165) is 15.0 Å². The van der Waals surface area contributed by atoms with Gasteiger partial charge in [0.25, 0.3) is 0 Å². The zero-order valence-electron chi connectivity index (χ0n) is 8.03. The molecule has 0 bridgehead atoms. The fourth-order valence-electron chi connectivity index (χ4n) is 1.18. The van der Waals surface area contributed by atoms with Crippen molar-refractivity contribution in [2.75, 3.05) is 0 Å². The molecular weight excluding hydrogens is 274 g/mol. The van der Waals surface area contributed by atoms with Crippen molar-refractivity contribution in [3.05, 3.63) is 50.4 Å². The Morgan fingerprint density at radius 3 is 2.80 bits per heavy atom. The topological polar surface area (TPSA) is 30.0 Å². The van der Waals surface area contributed by atoms with Gasteiger partial charge < -0.3 is 0 Å². The Bertz CT molecular complexity index is 490. The van der Waals surface area contributed by atoms with E-state index in [2.05, 4.69) is 20.9 Å². The van der Waals surface area contributed by atoms with Gasteiger partial charge in [0.2, 0.25) is 5.78 Å². The lowest BCUT2D eigenvalue weighted by Crippen LogP contribution is -1.99. The number of ketones is 1. The maximum absolute atomic E-state index is 11.9. The van der Waals surface area contributed by atoms with Crippen LogP contribution in [0.2, 0.25) is 0 Å². The van der Waals surface area contributed by atoms with E-state index < -0.39 is 0 Å². The third-order valence-electron chi connectivity index (χ3n) is 1.96. The second-order valence-corrected chi connectivity index (χ2v) is 4.97. The summed E-state index contributed by atoms with van der Waals surface area (Å²) in [6.45, 7) is 1.90. The summed E-state index contributed by atoms with van der Waals surface area (Å²) in [6, 6.07) is 5.47. The summed E-state index contributed by atoms with van der Waals surface area (Å²) >= 11 is 4.76. The molecular formula is C11H8BrNOS. The van der Waals surface area contributed by atoms with Crippen molar-refractivity contribution in [1.29, 1.82) is 0 Å². The van der Waals surface area contributed by atoms with Crippen molar-refractivity contribution in [2.45, 2.75) is 6.92 Å². The number of thiophene rings is 1. The fraction of sp³-hybridized carbons (Fsp3) is 0.0909. The van der Waals surface area contributed by atoms with Crippen molar-refractivity contribution < 1.29 is 4.79 Å². The molecule has 2 rings (SSSR count). The molecule has 2 heterocycles. The molecule has 0 saturated heterocycles. The van der Waals surface area contributed by atoms with Crippen LogP contribution in [0.25, 0.3) is 0 Å². The minimum Gasteiger partial charge on any atom is -0.288 e. The smallest absolute Gasteiger partial charge is 0.204 e. The molecule has 0 saturated carbocycles. The van der Waals surface area contributed by atoms with E-state index in [4.69, 9.17) is 0 Å². The van der Waals surface area contributed by atoms with Crippen LogP contribution in [0, 0.1) is 6.92 Å². The molecule has 0 radical (unpaired) electrons. The summed E-state index contributed by atoms with van der Waals surface area (Å²) < 4.78 is 0.941. The number of halogens is 1. The number of hydrogen-bond acceptors (Lipinski definition) is 3. The minimum atomic E-state index is 0.0261. The first-order chi connectivity index (χ1) is 7.16. The second kappa shape index (κ2) is 4.24. The molecule has 0 aliphatic carbocycles. The monoisotopic (exact) mass is 281 g/mol. The summed E-state index contributed by atoms with van der Waals surface area (Å²) in [5.41, 5.74) is 1.55. The lowest BCUT2D eigenvalue weighted by atomic mass is 10.1. The quantitative estimate of drug-likeness (QED) is 0.790. The van der Waals surface area contributed by atoms with Gasteiger partial charge in [-0.25, -0.2) is 0 Å². The van der Waals surface area contributed by atoms with Crippen molar-refractivity contribution in [1.82, 2.24) is 4.98 Å². The second-order valence-electron chi connectivity index (χ2n) is 3.15. The van der Waals surface area contributed by atoms with Gasteiger partial charge in [-0.1, -0.05) is 0 Å². The van der Waals surface area contributed by atoms with Crippen molar-refractivity contribution >= 4 is 33.0 Å². The van der Waals surface area contributed by atoms with Crippen LogP contribution in [0.4, 0.5) is 0 Å². The summed E-state index contributed by atoms with van der Waals surface area (Å²) in [5, 5.41) is 1.90. The van der Waals surface area contributed by atoms with Crippen molar-refractivity contribution in [3.8, 4) is 0 Å². The van der Waals surface area contributed by atoms with Crippen LogP contribution < -0.4 is 0 Å². The number of aryl methyl sites for hydroxylation is 1. The largest absolute Gasteiger partial charge is 0.288 e. The molecule has 0 aliphatic rings. The summed E-state index contributed by atoms with van der Waals surface area (Å²) in [4.78, 5) is 16.8. The summed E-state index contributed by atoms with van der Waals surface area (Å²) in [5.74, 6) is 0.0261. The maximum atomic E-state index is 11.9. The molecule has 0 N–H and O–H groups in total. The van der Waals surface area contributed by atoms with Crippen LogP contribution in [0.15, 0.2) is 34.2 Å². The Morgan fingerprint density at radius 2 is 2.27 bits per heavy atom. The SMILES string of the molecule is Cc1ccc(C(=O)c2cc(Br)cs2)cn1. The predicted octanol–water partition coefficient (Wildman–Crippen LogP) is 3.45. The molecule has 0 spiro atoms.